The fraction of sp³-hybridized carbons (Fsp3) is 1.00. The molecule has 0 aliphatic rings. The molecule has 0 radical (unpaired) electrons. The van der Waals surface area contributed by atoms with E-state index >= 15 is 0 Å². The summed E-state index contributed by atoms with van der Waals surface area (Å²) in [6, 6.07) is 0. The molecule has 2 nitrogen and oxygen atoms in total. The van der Waals surface area contributed by atoms with Crippen molar-refractivity contribution in [3.8, 4) is 0 Å². The molecular weight excluding hydrogens is 183 g/mol. The summed E-state index contributed by atoms with van der Waals surface area (Å²) in [4.78, 5) is 0. The first kappa shape index (κ1) is 13.4. The first-order valence-electron chi connectivity index (χ1n) is 5.40. The van der Waals surface area contributed by atoms with Crippen LogP contribution in [0.3, 0.4) is 0 Å². The van der Waals surface area contributed by atoms with Gasteiger partial charge in [0.05, 0.1) is 13.2 Å². The van der Waals surface area contributed by atoms with E-state index in [1.807, 2.05) is 0 Å². The maximum Gasteiger partial charge on any atom is 0.155 e. The molecule has 0 atom stereocenters. The lowest BCUT2D eigenvalue weighted by atomic mass is 10.3. The highest BCUT2D eigenvalue weighted by molar-refractivity contribution is 7.26. The minimum absolute atomic E-state index is 0.255. The summed E-state index contributed by atoms with van der Waals surface area (Å²) in [5, 5.41) is 0. The van der Waals surface area contributed by atoms with E-state index in [1.54, 1.807) is 0 Å². The van der Waals surface area contributed by atoms with Crippen LogP contribution in [0.2, 0.25) is 0 Å². The molecule has 3 heteroatoms. The molecule has 13 heavy (non-hydrogen) atoms. The van der Waals surface area contributed by atoms with Crippen LogP contribution >= 0.6 is 9.03 Å². The molecule has 0 rings (SSSR count). The van der Waals surface area contributed by atoms with Gasteiger partial charge < -0.3 is 9.05 Å². The van der Waals surface area contributed by atoms with Crippen molar-refractivity contribution in [2.24, 2.45) is 0 Å². The topological polar surface area (TPSA) is 18.5 Å². The number of unbranched alkanes of at least 4 members (excludes halogenated alkanes) is 4. The molecule has 0 bridgehead atoms. The van der Waals surface area contributed by atoms with Crippen LogP contribution in [0.5, 0.6) is 0 Å². The Morgan fingerprint density at radius 3 is 1.62 bits per heavy atom. The molecule has 0 saturated carbocycles. The first-order valence-corrected chi connectivity index (χ1v) is 6.22. The molecule has 0 aliphatic heterocycles. The van der Waals surface area contributed by atoms with E-state index in [1.165, 1.54) is 38.5 Å². The van der Waals surface area contributed by atoms with Gasteiger partial charge in [-0.15, -0.1) is 0 Å². The van der Waals surface area contributed by atoms with Crippen LogP contribution in [-0.4, -0.2) is 13.2 Å². The van der Waals surface area contributed by atoms with Gasteiger partial charge in [0.1, 0.15) is 0 Å². The molecule has 80 valence electrons. The van der Waals surface area contributed by atoms with Crippen molar-refractivity contribution in [1.29, 1.82) is 0 Å². The highest BCUT2D eigenvalue weighted by Gasteiger charge is 1.90. The first-order chi connectivity index (χ1) is 6.41. The zero-order valence-corrected chi connectivity index (χ0v) is 9.97. The van der Waals surface area contributed by atoms with Crippen molar-refractivity contribution in [3.63, 3.8) is 0 Å². The highest BCUT2D eigenvalue weighted by Crippen LogP contribution is 2.15. The summed E-state index contributed by atoms with van der Waals surface area (Å²) in [5.41, 5.74) is 0. The minimum Gasteiger partial charge on any atom is -0.336 e. The summed E-state index contributed by atoms with van der Waals surface area (Å²) in [5.74, 6) is 0. The van der Waals surface area contributed by atoms with Crippen molar-refractivity contribution in [2.75, 3.05) is 13.2 Å². The highest BCUT2D eigenvalue weighted by atomic mass is 31.1. The zero-order valence-electron chi connectivity index (χ0n) is 8.97. The van der Waals surface area contributed by atoms with Gasteiger partial charge in [0.2, 0.25) is 0 Å². The van der Waals surface area contributed by atoms with Gasteiger partial charge in [-0.2, -0.15) is 0 Å². The lowest BCUT2D eigenvalue weighted by molar-refractivity contribution is 0.257. The Labute approximate surface area is 84.3 Å². The van der Waals surface area contributed by atoms with Crippen molar-refractivity contribution >= 4 is 9.03 Å². The van der Waals surface area contributed by atoms with Gasteiger partial charge in [-0.25, -0.2) is 0 Å². The lowest BCUT2D eigenvalue weighted by Crippen LogP contribution is -1.89. The predicted octanol–water partition coefficient (Wildman–Crippen LogP) is 3.91. The Kier molecular flexibility index (Phi) is 12.7. The third-order valence-electron chi connectivity index (χ3n) is 1.82. The maximum atomic E-state index is 5.32. The lowest BCUT2D eigenvalue weighted by Gasteiger charge is -2.03. The summed E-state index contributed by atoms with van der Waals surface area (Å²) in [6.45, 7) is 6.12. The molecule has 0 N–H and O–H groups in total. The van der Waals surface area contributed by atoms with Gasteiger partial charge in [-0.05, 0) is 12.8 Å². The van der Waals surface area contributed by atoms with Gasteiger partial charge in [0.15, 0.2) is 9.03 Å². The largest absolute Gasteiger partial charge is 0.336 e. The van der Waals surface area contributed by atoms with Gasteiger partial charge in [0, 0.05) is 0 Å². The fourth-order valence-electron chi connectivity index (χ4n) is 0.973. The van der Waals surface area contributed by atoms with E-state index in [2.05, 4.69) is 13.8 Å². The quantitative estimate of drug-likeness (QED) is 0.398. The fourth-order valence-corrected chi connectivity index (χ4v) is 1.51. The Bertz CT molecular complexity index is 79.0. The van der Waals surface area contributed by atoms with Crippen LogP contribution in [0.25, 0.3) is 0 Å². The number of hydrogen-bond donors (Lipinski definition) is 0. The number of hydrogen-bond acceptors (Lipinski definition) is 2. The summed E-state index contributed by atoms with van der Waals surface area (Å²) < 4.78 is 10.6. The van der Waals surface area contributed by atoms with E-state index in [4.69, 9.17) is 9.05 Å². The van der Waals surface area contributed by atoms with Crippen molar-refractivity contribution in [3.05, 3.63) is 0 Å². The molecule has 0 unspecified atom stereocenters. The molecule has 0 heterocycles. The van der Waals surface area contributed by atoms with E-state index < -0.39 is 0 Å². The summed E-state index contributed by atoms with van der Waals surface area (Å²) >= 11 is 0. The molecule has 0 aromatic heterocycles. The van der Waals surface area contributed by atoms with Gasteiger partial charge >= 0.3 is 0 Å². The molecule has 0 spiro atoms. The van der Waals surface area contributed by atoms with Crippen LogP contribution in [0, 0.1) is 0 Å². The zero-order chi connectivity index (χ0) is 9.78. The standard InChI is InChI=1S/C10H23O2P/c1-3-5-7-9-11-13-12-10-8-6-4-2/h13H,3-10H2,1-2H3. The van der Waals surface area contributed by atoms with E-state index in [9.17, 15) is 0 Å². The van der Waals surface area contributed by atoms with Crippen LogP contribution in [0.1, 0.15) is 52.4 Å². The Morgan fingerprint density at radius 2 is 1.23 bits per heavy atom. The van der Waals surface area contributed by atoms with Crippen LogP contribution < -0.4 is 0 Å². The predicted molar refractivity (Wildman–Crippen MR) is 59.3 cm³/mol. The molecule has 0 aromatic rings. The normalized spacial score (nSPS) is 10.6. The maximum absolute atomic E-state index is 5.32. The van der Waals surface area contributed by atoms with Gasteiger partial charge in [-0.3, -0.25) is 0 Å². The Hall–Kier alpha value is 0.350. The second kappa shape index (κ2) is 12.3. The molecule has 0 aliphatic carbocycles. The second-order valence-electron chi connectivity index (χ2n) is 3.19. The third-order valence-corrected chi connectivity index (χ3v) is 2.46. The second-order valence-corrected chi connectivity index (χ2v) is 3.94. The van der Waals surface area contributed by atoms with Crippen molar-refractivity contribution in [2.45, 2.75) is 52.4 Å². The summed E-state index contributed by atoms with van der Waals surface area (Å²) in [6.07, 6.45) is 7.37. The molecule has 0 fully saturated rings. The third kappa shape index (κ3) is 12.4. The average molecular weight is 206 g/mol. The van der Waals surface area contributed by atoms with E-state index in [0.717, 1.165) is 13.2 Å². The monoisotopic (exact) mass is 206 g/mol. The smallest absolute Gasteiger partial charge is 0.155 e. The molecule has 0 saturated heterocycles. The van der Waals surface area contributed by atoms with Crippen LogP contribution in [0.15, 0.2) is 0 Å². The van der Waals surface area contributed by atoms with Crippen LogP contribution in [0.4, 0.5) is 0 Å². The molecular formula is C10H23O2P. The minimum atomic E-state index is 0.255. The van der Waals surface area contributed by atoms with Gasteiger partial charge in [0.25, 0.3) is 0 Å². The Morgan fingerprint density at radius 1 is 0.769 bits per heavy atom. The summed E-state index contributed by atoms with van der Waals surface area (Å²) in [7, 11) is 0.255. The van der Waals surface area contributed by atoms with Crippen molar-refractivity contribution in [1.82, 2.24) is 0 Å². The van der Waals surface area contributed by atoms with Crippen molar-refractivity contribution < 1.29 is 9.05 Å². The average Bonchev–Trinajstić information content (AvgIpc) is 2.16. The Balaban J connectivity index is 2.76. The van der Waals surface area contributed by atoms with Crippen LogP contribution in [-0.2, 0) is 9.05 Å². The van der Waals surface area contributed by atoms with Gasteiger partial charge in [-0.1, -0.05) is 39.5 Å². The van der Waals surface area contributed by atoms with E-state index in [-0.39, 0.29) is 9.03 Å². The SMILES string of the molecule is CCCCCOPOCCCCC. The molecule has 0 aromatic carbocycles. The molecule has 0 amide bonds. The number of rotatable bonds is 10. The van der Waals surface area contributed by atoms with E-state index in [0.29, 0.717) is 0 Å².